The first-order valence-corrected chi connectivity index (χ1v) is 2.56. The Labute approximate surface area is 71.3 Å². The molecule has 0 aromatic rings. The zero-order valence-corrected chi connectivity index (χ0v) is 7.19. The molecule has 0 bridgehead atoms. The topological polar surface area (TPSA) is 49.7 Å². The molecule has 0 heterocycles. The monoisotopic (exact) mass is 196 g/mol. The van der Waals surface area contributed by atoms with Crippen LogP contribution in [0.15, 0.2) is 0 Å². The van der Waals surface area contributed by atoms with Gasteiger partial charge in [-0.05, 0) is 6.42 Å². The SMILES string of the molecule is ClOCl.OCCCO.S. The van der Waals surface area contributed by atoms with Crippen LogP contribution in [0.3, 0.4) is 0 Å². The second-order valence-electron chi connectivity index (χ2n) is 0.859. The first-order chi connectivity index (χ1) is 3.83. The van der Waals surface area contributed by atoms with Gasteiger partial charge >= 0.3 is 0 Å². The molecule has 0 radical (unpaired) electrons. The van der Waals surface area contributed by atoms with Crippen LogP contribution < -0.4 is 0 Å². The highest BCUT2D eigenvalue weighted by atomic mass is 35.6. The van der Waals surface area contributed by atoms with Gasteiger partial charge in [-0.25, -0.2) is 0 Å². The lowest BCUT2D eigenvalue weighted by Crippen LogP contribution is -1.85. The molecule has 3 nitrogen and oxygen atoms in total. The molecule has 0 aromatic heterocycles. The summed E-state index contributed by atoms with van der Waals surface area (Å²) in [5, 5.41) is 15.8. The summed E-state index contributed by atoms with van der Waals surface area (Å²) in [6.07, 6.45) is 0.500. The molecular weight excluding hydrogens is 187 g/mol. The predicted molar refractivity (Wildman–Crippen MR) is 42.0 cm³/mol. The lowest BCUT2D eigenvalue weighted by molar-refractivity contribution is 0.221. The van der Waals surface area contributed by atoms with Gasteiger partial charge in [0.2, 0.25) is 0 Å². The van der Waals surface area contributed by atoms with Gasteiger partial charge < -0.3 is 10.2 Å². The lowest BCUT2D eigenvalue weighted by atomic mass is 10.5. The van der Waals surface area contributed by atoms with Crippen LogP contribution in [0.4, 0.5) is 0 Å². The largest absolute Gasteiger partial charge is 0.396 e. The average molecular weight is 197 g/mol. The van der Waals surface area contributed by atoms with E-state index in [0.717, 1.165) is 0 Å². The number of aliphatic hydroxyl groups excluding tert-OH is 2. The summed E-state index contributed by atoms with van der Waals surface area (Å²) in [4.78, 5) is 0. The standard InChI is InChI=1S/C3H8O2.Cl2O.H2S/c4-2-1-3-5;1-3-2;/h4-5H,1-3H2;;1H2. The minimum Gasteiger partial charge on any atom is -0.396 e. The fourth-order valence-corrected chi connectivity index (χ4v) is 0.0707. The van der Waals surface area contributed by atoms with Gasteiger partial charge in [-0.15, -0.1) is 0 Å². The Balaban J connectivity index is -0.0000000800. The lowest BCUT2D eigenvalue weighted by Gasteiger charge is -1.79. The molecule has 0 aliphatic heterocycles. The molecule has 60 valence electrons. The van der Waals surface area contributed by atoms with Crippen molar-refractivity contribution in [1.82, 2.24) is 0 Å². The van der Waals surface area contributed by atoms with E-state index in [2.05, 4.69) is 27.6 Å². The normalized spacial score (nSPS) is 6.67. The van der Waals surface area contributed by atoms with E-state index in [4.69, 9.17) is 10.2 Å². The van der Waals surface area contributed by atoms with Crippen LogP contribution in [0, 0.1) is 0 Å². The highest BCUT2D eigenvalue weighted by molar-refractivity contribution is 7.59. The smallest absolute Gasteiger partial charge is 0.0832 e. The molecule has 6 heteroatoms. The predicted octanol–water partition coefficient (Wildman–Crippen LogP) is 0.784. The van der Waals surface area contributed by atoms with E-state index in [0.29, 0.717) is 6.42 Å². The number of rotatable bonds is 2. The molecule has 0 saturated carbocycles. The molecule has 0 rings (SSSR count). The molecule has 0 atom stereocenters. The van der Waals surface area contributed by atoms with Crippen molar-refractivity contribution in [2.75, 3.05) is 13.2 Å². The Morgan fingerprint density at radius 2 is 1.33 bits per heavy atom. The maximum absolute atomic E-state index is 7.91. The Morgan fingerprint density at radius 1 is 1.11 bits per heavy atom. The van der Waals surface area contributed by atoms with E-state index < -0.39 is 0 Å². The summed E-state index contributed by atoms with van der Waals surface area (Å²) < 4.78 is 3.19. The number of hydrogen-bond acceptors (Lipinski definition) is 3. The molecule has 0 amide bonds. The van der Waals surface area contributed by atoms with Crippen LogP contribution in [0.25, 0.3) is 0 Å². The van der Waals surface area contributed by atoms with Crippen molar-refractivity contribution in [3.8, 4) is 0 Å². The second kappa shape index (κ2) is 23.2. The summed E-state index contributed by atoms with van der Waals surface area (Å²) >= 11 is 8.53. The maximum atomic E-state index is 7.91. The van der Waals surface area contributed by atoms with E-state index in [1.54, 1.807) is 0 Å². The zero-order valence-electron chi connectivity index (χ0n) is 4.68. The fraction of sp³-hybridized carbons (Fsp3) is 1.00. The first-order valence-electron chi connectivity index (χ1n) is 1.94. The summed E-state index contributed by atoms with van der Waals surface area (Å²) in [7, 11) is 0. The average Bonchev–Trinajstić information content (AvgIpc) is 1.71. The molecule has 0 unspecified atom stereocenters. The fourth-order valence-electron chi connectivity index (χ4n) is 0.0707. The third-order valence-electron chi connectivity index (χ3n) is 0.316. The Bertz CT molecular complexity index is 31.0. The van der Waals surface area contributed by atoms with Crippen molar-refractivity contribution < 1.29 is 14.1 Å². The van der Waals surface area contributed by atoms with Crippen LogP contribution in [0.5, 0.6) is 0 Å². The van der Waals surface area contributed by atoms with E-state index in [1.807, 2.05) is 0 Å². The van der Waals surface area contributed by atoms with Crippen molar-refractivity contribution >= 4 is 37.2 Å². The third kappa shape index (κ3) is 51.7. The highest BCUT2D eigenvalue weighted by Gasteiger charge is 1.70. The van der Waals surface area contributed by atoms with Crippen LogP contribution in [-0.2, 0) is 3.84 Å². The third-order valence-corrected chi connectivity index (χ3v) is 0.316. The minimum absolute atomic E-state index is 0. The Hall–Kier alpha value is 0.810. The van der Waals surface area contributed by atoms with Gasteiger partial charge in [-0.2, -0.15) is 17.3 Å². The summed E-state index contributed by atoms with van der Waals surface area (Å²) in [5.41, 5.74) is 0. The molecule has 0 spiro atoms. The highest BCUT2D eigenvalue weighted by Crippen LogP contribution is 1.78. The van der Waals surface area contributed by atoms with Crippen molar-refractivity contribution in [3.05, 3.63) is 0 Å². The molecule has 0 aromatic carbocycles. The summed E-state index contributed by atoms with van der Waals surface area (Å²) in [6, 6.07) is 0. The zero-order chi connectivity index (χ0) is 6.83. The van der Waals surface area contributed by atoms with Crippen molar-refractivity contribution in [3.63, 3.8) is 0 Å². The van der Waals surface area contributed by atoms with Gasteiger partial charge in [0.05, 0.1) is 23.7 Å². The van der Waals surface area contributed by atoms with Crippen LogP contribution >= 0.6 is 37.2 Å². The first kappa shape index (κ1) is 16.4. The van der Waals surface area contributed by atoms with E-state index >= 15 is 0 Å². The van der Waals surface area contributed by atoms with Crippen molar-refractivity contribution in [1.29, 1.82) is 0 Å². The van der Waals surface area contributed by atoms with Gasteiger partial charge in [0.15, 0.2) is 0 Å². The molecule has 2 N–H and O–H groups in total. The quantitative estimate of drug-likeness (QED) is 0.687. The Morgan fingerprint density at radius 3 is 1.33 bits per heavy atom. The number of halogens is 2. The molecule has 0 aliphatic carbocycles. The Kier molecular flexibility index (Phi) is 42.4. The van der Waals surface area contributed by atoms with Gasteiger partial charge in [-0.1, -0.05) is 0 Å². The van der Waals surface area contributed by atoms with E-state index in [-0.39, 0.29) is 26.7 Å². The summed E-state index contributed by atoms with van der Waals surface area (Å²) in [6.45, 7) is 0.188. The second-order valence-corrected chi connectivity index (χ2v) is 1.33. The van der Waals surface area contributed by atoms with Crippen molar-refractivity contribution in [2.24, 2.45) is 0 Å². The minimum atomic E-state index is 0. The van der Waals surface area contributed by atoms with E-state index in [9.17, 15) is 0 Å². The van der Waals surface area contributed by atoms with Crippen LogP contribution in [0.1, 0.15) is 6.42 Å². The number of hydrogen-bond donors (Lipinski definition) is 2. The maximum Gasteiger partial charge on any atom is 0.0832 e. The van der Waals surface area contributed by atoms with Gasteiger partial charge in [0.1, 0.15) is 0 Å². The van der Waals surface area contributed by atoms with Crippen molar-refractivity contribution in [2.45, 2.75) is 6.42 Å². The number of aliphatic hydroxyl groups is 2. The molecule has 9 heavy (non-hydrogen) atoms. The van der Waals surface area contributed by atoms with Crippen LogP contribution in [0.2, 0.25) is 0 Å². The molecule has 0 fully saturated rings. The van der Waals surface area contributed by atoms with E-state index in [1.165, 1.54) is 0 Å². The van der Waals surface area contributed by atoms with Gasteiger partial charge in [-0.3, -0.25) is 0 Å². The van der Waals surface area contributed by atoms with Crippen LogP contribution in [-0.4, -0.2) is 23.4 Å². The molecule has 0 saturated heterocycles. The summed E-state index contributed by atoms with van der Waals surface area (Å²) in [5.74, 6) is 0. The molecular formula is C3H10Cl2O3S. The van der Waals surface area contributed by atoms with Gasteiger partial charge in [0, 0.05) is 13.2 Å². The molecule has 0 aliphatic rings. The van der Waals surface area contributed by atoms with Gasteiger partial charge in [0.25, 0.3) is 0 Å².